The molecule has 1 amide bonds. The normalized spacial score (nSPS) is 16.0. The van der Waals surface area contributed by atoms with Gasteiger partial charge in [0.1, 0.15) is 16.9 Å². The molecule has 2 heterocycles. The third-order valence-electron chi connectivity index (χ3n) is 5.94. The zero-order valence-electron chi connectivity index (χ0n) is 20.2. The molecule has 11 heteroatoms. The fourth-order valence-electron chi connectivity index (χ4n) is 4.01. The van der Waals surface area contributed by atoms with E-state index >= 15 is 0 Å². The lowest BCUT2D eigenvalue weighted by molar-refractivity contribution is -0.115. The smallest absolute Gasteiger partial charge is 0.263 e. The third-order valence-corrected chi connectivity index (χ3v) is 8.67. The highest BCUT2D eigenvalue weighted by Gasteiger charge is 2.24. The molecule has 36 heavy (non-hydrogen) atoms. The SMILES string of the molecule is CCC(Sc1nc2c(cc1C#N)CC(C)CC2)C(=O)Nc1ccc(S(=O)(=O)Nc2cc(C)on2)cc1. The number of fused-ring (bicyclic) bond motifs is 1. The first-order valence-corrected chi connectivity index (χ1v) is 14.0. The van der Waals surface area contributed by atoms with Crippen LogP contribution in [0.25, 0.3) is 0 Å². The summed E-state index contributed by atoms with van der Waals surface area (Å²) in [5.74, 6) is 0.902. The van der Waals surface area contributed by atoms with Crippen molar-refractivity contribution in [2.45, 2.75) is 61.6 Å². The van der Waals surface area contributed by atoms with Crippen molar-refractivity contribution in [3.8, 4) is 6.07 Å². The second-order valence-electron chi connectivity index (χ2n) is 8.86. The van der Waals surface area contributed by atoms with Gasteiger partial charge in [-0.2, -0.15) is 5.26 Å². The Bertz CT molecular complexity index is 1410. The average molecular weight is 526 g/mol. The lowest BCUT2D eigenvalue weighted by atomic mass is 9.87. The maximum atomic E-state index is 13.0. The average Bonchev–Trinajstić information content (AvgIpc) is 3.25. The first-order valence-electron chi connectivity index (χ1n) is 11.6. The van der Waals surface area contributed by atoms with Gasteiger partial charge in [0.2, 0.25) is 5.91 Å². The fourth-order valence-corrected chi connectivity index (χ4v) is 5.99. The number of carbonyl (C=O) groups is 1. The number of pyridine rings is 1. The Morgan fingerprint density at radius 2 is 2.06 bits per heavy atom. The topological polar surface area (TPSA) is 138 Å². The number of amides is 1. The number of nitrogens with zero attached hydrogens (tertiary/aromatic N) is 3. The number of thioether (sulfide) groups is 1. The van der Waals surface area contributed by atoms with Crippen molar-refractivity contribution in [2.24, 2.45) is 5.92 Å². The Labute approximate surface area is 214 Å². The Morgan fingerprint density at radius 3 is 2.69 bits per heavy atom. The molecule has 0 fully saturated rings. The van der Waals surface area contributed by atoms with Crippen LogP contribution in [0.15, 0.2) is 50.8 Å². The number of rotatable bonds is 8. The standard InChI is InChI=1S/C25H27N5O4S2/c1-4-22(35-25-18(14-26)13-17-11-15(2)5-10-21(17)28-25)24(31)27-19-6-8-20(9-7-19)36(32,33)30-23-12-16(3)34-29-23/h6-9,12-13,15,22H,4-5,10-11H2,1-3H3,(H,27,31)(H,29,30). The summed E-state index contributed by atoms with van der Waals surface area (Å²) in [6.45, 7) is 5.76. The van der Waals surface area contributed by atoms with Crippen LogP contribution in [0.5, 0.6) is 0 Å². The largest absolute Gasteiger partial charge is 0.360 e. The number of nitriles is 1. The molecule has 0 saturated carbocycles. The van der Waals surface area contributed by atoms with E-state index in [4.69, 9.17) is 9.51 Å². The minimum atomic E-state index is -3.85. The molecule has 2 unspecified atom stereocenters. The minimum Gasteiger partial charge on any atom is -0.360 e. The molecule has 188 valence electrons. The van der Waals surface area contributed by atoms with Crippen LogP contribution in [0.2, 0.25) is 0 Å². The van der Waals surface area contributed by atoms with Gasteiger partial charge in [-0.25, -0.2) is 13.4 Å². The highest BCUT2D eigenvalue weighted by Crippen LogP contribution is 2.32. The summed E-state index contributed by atoms with van der Waals surface area (Å²) < 4.78 is 32.4. The van der Waals surface area contributed by atoms with E-state index in [9.17, 15) is 18.5 Å². The van der Waals surface area contributed by atoms with E-state index < -0.39 is 15.3 Å². The van der Waals surface area contributed by atoms with E-state index in [1.807, 2.05) is 13.0 Å². The molecule has 4 rings (SSSR count). The Kier molecular flexibility index (Phi) is 7.66. The molecule has 0 aliphatic heterocycles. The molecular formula is C25H27N5O4S2. The van der Waals surface area contributed by atoms with Crippen LogP contribution in [-0.4, -0.2) is 29.7 Å². The summed E-state index contributed by atoms with van der Waals surface area (Å²) in [5.41, 5.74) is 3.08. The minimum absolute atomic E-state index is 0.0220. The van der Waals surface area contributed by atoms with Gasteiger partial charge in [-0.05, 0) is 74.4 Å². The fraction of sp³-hybridized carbons (Fsp3) is 0.360. The number of nitrogens with one attached hydrogen (secondary N) is 2. The summed E-state index contributed by atoms with van der Waals surface area (Å²) in [5, 5.41) is 16.2. The zero-order valence-corrected chi connectivity index (χ0v) is 21.9. The summed E-state index contributed by atoms with van der Waals surface area (Å²) in [4.78, 5) is 17.8. The van der Waals surface area contributed by atoms with E-state index in [0.29, 0.717) is 34.4 Å². The van der Waals surface area contributed by atoms with Gasteiger partial charge in [-0.3, -0.25) is 9.52 Å². The lowest BCUT2D eigenvalue weighted by Gasteiger charge is -2.22. The highest BCUT2D eigenvalue weighted by molar-refractivity contribution is 8.00. The third kappa shape index (κ3) is 5.88. The van der Waals surface area contributed by atoms with Crippen LogP contribution in [0.4, 0.5) is 11.5 Å². The number of hydrogen-bond acceptors (Lipinski definition) is 8. The highest BCUT2D eigenvalue weighted by atomic mass is 32.2. The van der Waals surface area contributed by atoms with E-state index in [1.165, 1.54) is 42.1 Å². The van der Waals surface area contributed by atoms with Crippen LogP contribution in [-0.2, 0) is 27.7 Å². The molecule has 0 spiro atoms. The number of anilines is 2. The molecule has 3 aromatic rings. The molecule has 0 radical (unpaired) electrons. The maximum absolute atomic E-state index is 13.0. The molecule has 2 atom stereocenters. The summed E-state index contributed by atoms with van der Waals surface area (Å²) in [7, 11) is -3.85. The summed E-state index contributed by atoms with van der Waals surface area (Å²) in [6.07, 6.45) is 3.39. The predicted octanol–water partition coefficient (Wildman–Crippen LogP) is 4.68. The van der Waals surface area contributed by atoms with Crippen molar-refractivity contribution in [1.29, 1.82) is 5.26 Å². The van der Waals surface area contributed by atoms with Gasteiger partial charge in [0.15, 0.2) is 5.82 Å². The monoisotopic (exact) mass is 525 g/mol. The Morgan fingerprint density at radius 1 is 1.31 bits per heavy atom. The number of aromatic nitrogens is 2. The molecule has 1 aliphatic carbocycles. The van der Waals surface area contributed by atoms with E-state index in [-0.39, 0.29) is 16.6 Å². The molecule has 1 aliphatic rings. The number of benzene rings is 1. The van der Waals surface area contributed by atoms with Crippen molar-refractivity contribution in [3.05, 3.63) is 59.0 Å². The van der Waals surface area contributed by atoms with Crippen LogP contribution >= 0.6 is 11.8 Å². The van der Waals surface area contributed by atoms with Crippen molar-refractivity contribution < 1.29 is 17.7 Å². The molecule has 1 aromatic carbocycles. The molecule has 0 bridgehead atoms. The predicted molar refractivity (Wildman–Crippen MR) is 137 cm³/mol. The Balaban J connectivity index is 1.44. The zero-order chi connectivity index (χ0) is 25.9. The number of hydrogen-bond donors (Lipinski definition) is 2. The second-order valence-corrected chi connectivity index (χ2v) is 11.7. The van der Waals surface area contributed by atoms with Crippen molar-refractivity contribution in [2.75, 3.05) is 10.0 Å². The second kappa shape index (κ2) is 10.7. The number of aryl methyl sites for hydroxylation is 2. The van der Waals surface area contributed by atoms with E-state index in [1.54, 1.807) is 6.92 Å². The molecule has 2 aromatic heterocycles. The van der Waals surface area contributed by atoms with Gasteiger partial charge in [-0.1, -0.05) is 30.8 Å². The molecular weight excluding hydrogens is 498 g/mol. The summed E-state index contributed by atoms with van der Waals surface area (Å²) >= 11 is 1.28. The first-order chi connectivity index (χ1) is 17.2. The van der Waals surface area contributed by atoms with Gasteiger partial charge in [0, 0.05) is 17.4 Å². The molecule has 0 saturated heterocycles. The van der Waals surface area contributed by atoms with E-state index in [2.05, 4.69) is 28.2 Å². The van der Waals surface area contributed by atoms with E-state index in [0.717, 1.165) is 30.5 Å². The lowest BCUT2D eigenvalue weighted by Crippen LogP contribution is -2.25. The number of carbonyl (C=O) groups excluding carboxylic acids is 1. The van der Waals surface area contributed by atoms with Crippen LogP contribution < -0.4 is 10.0 Å². The maximum Gasteiger partial charge on any atom is 0.263 e. The van der Waals surface area contributed by atoms with Gasteiger partial charge in [-0.15, -0.1) is 0 Å². The van der Waals surface area contributed by atoms with Crippen LogP contribution in [0.1, 0.15) is 49.3 Å². The molecule has 2 N–H and O–H groups in total. The van der Waals surface area contributed by atoms with Crippen LogP contribution in [0.3, 0.4) is 0 Å². The van der Waals surface area contributed by atoms with Crippen molar-refractivity contribution in [3.63, 3.8) is 0 Å². The van der Waals surface area contributed by atoms with Crippen molar-refractivity contribution in [1.82, 2.24) is 10.1 Å². The van der Waals surface area contributed by atoms with Crippen molar-refractivity contribution >= 4 is 39.2 Å². The van der Waals surface area contributed by atoms with Gasteiger partial charge >= 0.3 is 0 Å². The Hall–Kier alpha value is -3.36. The summed E-state index contributed by atoms with van der Waals surface area (Å²) in [6, 6.07) is 11.5. The number of sulfonamides is 1. The quantitative estimate of drug-likeness (QED) is 0.404. The van der Waals surface area contributed by atoms with Gasteiger partial charge in [0.05, 0.1) is 15.7 Å². The molecule has 9 nitrogen and oxygen atoms in total. The van der Waals surface area contributed by atoms with Gasteiger partial charge < -0.3 is 9.84 Å². The van der Waals surface area contributed by atoms with Gasteiger partial charge in [0.25, 0.3) is 10.0 Å². The van der Waals surface area contributed by atoms with Crippen LogP contribution in [0, 0.1) is 24.2 Å². The first kappa shape index (κ1) is 25.7.